The molecule has 1 N–H and O–H groups in total. The van der Waals surface area contributed by atoms with E-state index in [1.807, 2.05) is 42.3 Å². The number of aliphatic hydroxyl groups excluding tert-OH is 1. The predicted molar refractivity (Wildman–Crippen MR) is 74.1 cm³/mol. The molecule has 4 heteroatoms. The number of nitrogens with zero attached hydrogens (tertiary/aromatic N) is 1. The molecule has 1 atom stereocenters. The Morgan fingerprint density at radius 1 is 1.05 bits per heavy atom. The fourth-order valence-corrected chi connectivity index (χ4v) is 2.13. The highest BCUT2D eigenvalue weighted by Crippen LogP contribution is 2.20. The van der Waals surface area contributed by atoms with Crippen molar-refractivity contribution in [3.63, 3.8) is 0 Å². The van der Waals surface area contributed by atoms with Gasteiger partial charge in [-0.3, -0.25) is 4.90 Å². The first kappa shape index (κ1) is 14.6. The summed E-state index contributed by atoms with van der Waals surface area (Å²) in [6.07, 6.45) is -1.06. The second kappa shape index (κ2) is 6.59. The third kappa shape index (κ3) is 3.62. The van der Waals surface area contributed by atoms with Gasteiger partial charge in [-0.25, -0.2) is 8.78 Å². The van der Waals surface area contributed by atoms with Gasteiger partial charge in [0.15, 0.2) is 11.6 Å². The summed E-state index contributed by atoms with van der Waals surface area (Å²) in [5.74, 6) is -1.92. The summed E-state index contributed by atoms with van der Waals surface area (Å²) >= 11 is 0. The Bertz CT molecular complexity index is 560. The van der Waals surface area contributed by atoms with E-state index in [4.69, 9.17) is 0 Å². The van der Waals surface area contributed by atoms with E-state index in [1.165, 1.54) is 12.1 Å². The Balaban J connectivity index is 2.00. The molecule has 0 fully saturated rings. The molecule has 0 radical (unpaired) electrons. The first-order valence-electron chi connectivity index (χ1n) is 6.42. The maximum Gasteiger partial charge on any atom is 0.164 e. The van der Waals surface area contributed by atoms with Crippen molar-refractivity contribution in [3.8, 4) is 0 Å². The van der Waals surface area contributed by atoms with Crippen LogP contribution >= 0.6 is 0 Å². The van der Waals surface area contributed by atoms with Gasteiger partial charge in [-0.05, 0) is 18.7 Å². The highest BCUT2D eigenvalue weighted by molar-refractivity contribution is 5.21. The molecule has 2 aromatic carbocycles. The third-order valence-electron chi connectivity index (χ3n) is 3.12. The van der Waals surface area contributed by atoms with Crippen molar-refractivity contribution in [2.45, 2.75) is 12.6 Å². The first-order valence-corrected chi connectivity index (χ1v) is 6.42. The molecule has 0 aromatic heterocycles. The van der Waals surface area contributed by atoms with Gasteiger partial charge in [0.25, 0.3) is 0 Å². The van der Waals surface area contributed by atoms with Crippen LogP contribution in [0.25, 0.3) is 0 Å². The molecule has 0 saturated carbocycles. The Morgan fingerprint density at radius 2 is 1.75 bits per heavy atom. The van der Waals surface area contributed by atoms with Crippen LogP contribution in [0.3, 0.4) is 0 Å². The molecule has 0 aliphatic heterocycles. The van der Waals surface area contributed by atoms with Crippen LogP contribution in [0.2, 0.25) is 0 Å². The summed E-state index contributed by atoms with van der Waals surface area (Å²) in [7, 11) is 1.83. The van der Waals surface area contributed by atoms with Crippen LogP contribution in [-0.4, -0.2) is 23.6 Å². The van der Waals surface area contributed by atoms with E-state index < -0.39 is 17.7 Å². The zero-order valence-corrected chi connectivity index (χ0v) is 11.3. The number of hydrogen-bond donors (Lipinski definition) is 1. The van der Waals surface area contributed by atoms with Crippen molar-refractivity contribution in [3.05, 3.63) is 71.3 Å². The summed E-state index contributed by atoms with van der Waals surface area (Å²) in [5, 5.41) is 10.0. The van der Waals surface area contributed by atoms with E-state index in [0.717, 1.165) is 11.6 Å². The van der Waals surface area contributed by atoms with Crippen molar-refractivity contribution in [2.75, 3.05) is 13.6 Å². The average Bonchev–Trinajstić information content (AvgIpc) is 2.42. The van der Waals surface area contributed by atoms with E-state index in [2.05, 4.69) is 0 Å². The number of halogens is 2. The molecule has 20 heavy (non-hydrogen) atoms. The van der Waals surface area contributed by atoms with E-state index in [-0.39, 0.29) is 12.1 Å². The van der Waals surface area contributed by atoms with Gasteiger partial charge in [-0.15, -0.1) is 0 Å². The van der Waals surface area contributed by atoms with Crippen LogP contribution in [0.1, 0.15) is 17.2 Å². The molecule has 0 saturated heterocycles. The van der Waals surface area contributed by atoms with E-state index in [1.54, 1.807) is 0 Å². The van der Waals surface area contributed by atoms with Crippen molar-refractivity contribution < 1.29 is 13.9 Å². The maximum absolute atomic E-state index is 13.6. The maximum atomic E-state index is 13.6. The molecule has 0 bridgehead atoms. The van der Waals surface area contributed by atoms with Gasteiger partial charge in [-0.1, -0.05) is 42.5 Å². The number of likely N-dealkylation sites (N-methyl/N-ethyl adjacent to an activating group) is 1. The lowest BCUT2D eigenvalue weighted by molar-refractivity contribution is 0.119. The lowest BCUT2D eigenvalue weighted by Crippen LogP contribution is -2.24. The summed E-state index contributed by atoms with van der Waals surface area (Å²) in [4.78, 5) is 1.87. The van der Waals surface area contributed by atoms with Crippen LogP contribution in [0.15, 0.2) is 48.5 Å². The van der Waals surface area contributed by atoms with Crippen LogP contribution in [0, 0.1) is 11.6 Å². The van der Waals surface area contributed by atoms with E-state index in [9.17, 15) is 13.9 Å². The Hall–Kier alpha value is -1.78. The smallest absolute Gasteiger partial charge is 0.164 e. The number of benzene rings is 2. The quantitative estimate of drug-likeness (QED) is 0.907. The van der Waals surface area contributed by atoms with Crippen molar-refractivity contribution in [1.82, 2.24) is 4.90 Å². The lowest BCUT2D eigenvalue weighted by Gasteiger charge is -2.21. The standard InChI is InChI=1S/C16H17F2NO/c1-19(10-12-6-3-2-4-7-12)11-15(20)13-8-5-9-14(17)16(13)18/h2-9,15,20H,10-11H2,1H3. The fourth-order valence-electron chi connectivity index (χ4n) is 2.13. The number of hydrogen-bond acceptors (Lipinski definition) is 2. The highest BCUT2D eigenvalue weighted by atomic mass is 19.2. The van der Waals surface area contributed by atoms with Crippen molar-refractivity contribution in [1.29, 1.82) is 0 Å². The second-order valence-electron chi connectivity index (χ2n) is 4.84. The molecule has 0 spiro atoms. The minimum Gasteiger partial charge on any atom is -0.387 e. The van der Waals surface area contributed by atoms with E-state index >= 15 is 0 Å². The molecule has 0 heterocycles. The third-order valence-corrected chi connectivity index (χ3v) is 3.12. The van der Waals surface area contributed by atoms with Gasteiger partial charge < -0.3 is 5.11 Å². The van der Waals surface area contributed by atoms with Gasteiger partial charge in [0, 0.05) is 18.7 Å². The van der Waals surface area contributed by atoms with Crippen LogP contribution in [0.5, 0.6) is 0 Å². The normalized spacial score (nSPS) is 12.7. The monoisotopic (exact) mass is 277 g/mol. The van der Waals surface area contributed by atoms with Gasteiger partial charge >= 0.3 is 0 Å². The second-order valence-corrected chi connectivity index (χ2v) is 4.84. The van der Waals surface area contributed by atoms with E-state index in [0.29, 0.717) is 6.54 Å². The lowest BCUT2D eigenvalue weighted by atomic mass is 10.1. The SMILES string of the molecule is CN(Cc1ccccc1)CC(O)c1cccc(F)c1F. The zero-order chi connectivity index (χ0) is 14.5. The summed E-state index contributed by atoms with van der Waals surface area (Å²) in [5.41, 5.74) is 1.09. The first-order chi connectivity index (χ1) is 9.58. The van der Waals surface area contributed by atoms with Crippen LogP contribution in [0.4, 0.5) is 8.78 Å². The van der Waals surface area contributed by atoms with Gasteiger partial charge in [0.05, 0.1) is 6.10 Å². The molecule has 1 unspecified atom stereocenters. The molecule has 2 nitrogen and oxygen atoms in total. The number of rotatable bonds is 5. The van der Waals surface area contributed by atoms with Crippen LogP contribution in [-0.2, 0) is 6.54 Å². The van der Waals surface area contributed by atoms with Gasteiger partial charge in [-0.2, -0.15) is 0 Å². The minimum atomic E-state index is -1.06. The molecular formula is C16H17F2NO. The molecule has 0 amide bonds. The summed E-state index contributed by atoms with van der Waals surface area (Å²) in [6, 6.07) is 13.6. The molecule has 106 valence electrons. The van der Waals surface area contributed by atoms with Crippen molar-refractivity contribution in [2.24, 2.45) is 0 Å². The largest absolute Gasteiger partial charge is 0.387 e. The highest BCUT2D eigenvalue weighted by Gasteiger charge is 2.17. The average molecular weight is 277 g/mol. The molecule has 0 aliphatic rings. The van der Waals surface area contributed by atoms with Gasteiger partial charge in [0.1, 0.15) is 0 Å². The Kier molecular flexibility index (Phi) is 4.82. The molecule has 2 rings (SSSR count). The minimum absolute atomic E-state index is 0.00934. The predicted octanol–water partition coefficient (Wildman–Crippen LogP) is 3.13. The Labute approximate surface area is 117 Å². The molecule has 2 aromatic rings. The molecule has 0 aliphatic carbocycles. The molecular weight excluding hydrogens is 260 g/mol. The fraction of sp³-hybridized carbons (Fsp3) is 0.250. The summed E-state index contributed by atoms with van der Waals surface area (Å²) < 4.78 is 26.7. The van der Waals surface area contributed by atoms with Crippen LogP contribution < -0.4 is 0 Å². The number of aliphatic hydroxyl groups is 1. The Morgan fingerprint density at radius 3 is 2.45 bits per heavy atom. The van der Waals surface area contributed by atoms with Crippen molar-refractivity contribution >= 4 is 0 Å². The zero-order valence-electron chi connectivity index (χ0n) is 11.3. The topological polar surface area (TPSA) is 23.5 Å². The van der Waals surface area contributed by atoms with Gasteiger partial charge in [0.2, 0.25) is 0 Å². The summed E-state index contributed by atoms with van der Waals surface area (Å²) in [6.45, 7) is 0.865.